The molecule has 5 heterocycles. The third-order valence-corrected chi connectivity index (χ3v) is 11.2. The number of halogens is 2. The highest BCUT2D eigenvalue weighted by molar-refractivity contribution is 5.98. The summed E-state index contributed by atoms with van der Waals surface area (Å²) in [4.78, 5) is 16.9. The first kappa shape index (κ1) is 29.2. The lowest BCUT2D eigenvalue weighted by Crippen LogP contribution is -2.47. The molecule has 0 amide bonds. The van der Waals surface area contributed by atoms with E-state index in [1.807, 2.05) is 6.92 Å². The van der Waals surface area contributed by atoms with Crippen LogP contribution in [0.4, 0.5) is 20.3 Å². The van der Waals surface area contributed by atoms with Gasteiger partial charge in [-0.05, 0) is 86.4 Å². The summed E-state index contributed by atoms with van der Waals surface area (Å²) in [5.41, 5.74) is 3.13. The van der Waals surface area contributed by atoms with E-state index in [2.05, 4.69) is 14.7 Å². The molecule has 3 saturated heterocycles. The number of benzene rings is 2. The number of aryl methyl sites for hydroxylation is 1. The van der Waals surface area contributed by atoms with Gasteiger partial charge in [0.15, 0.2) is 0 Å². The van der Waals surface area contributed by atoms with Crippen molar-refractivity contribution >= 4 is 22.3 Å². The number of piperidine rings is 1. The lowest BCUT2D eigenvalue weighted by Gasteiger charge is -2.44. The first-order chi connectivity index (χ1) is 21.8. The second-order valence-electron chi connectivity index (χ2n) is 14.2. The Morgan fingerprint density at radius 2 is 1.87 bits per heavy atom. The van der Waals surface area contributed by atoms with E-state index in [1.54, 1.807) is 18.2 Å². The van der Waals surface area contributed by atoms with Crippen LogP contribution in [-0.4, -0.2) is 82.2 Å². The van der Waals surface area contributed by atoms with Crippen LogP contribution in [0.25, 0.3) is 10.8 Å². The minimum absolute atomic E-state index is 0.148. The average molecular weight is 620 g/mol. The van der Waals surface area contributed by atoms with Crippen LogP contribution in [0.1, 0.15) is 62.3 Å². The van der Waals surface area contributed by atoms with E-state index >= 15 is 4.39 Å². The molecule has 10 heteroatoms. The van der Waals surface area contributed by atoms with Crippen LogP contribution in [0.5, 0.6) is 11.8 Å². The van der Waals surface area contributed by atoms with E-state index in [9.17, 15) is 14.6 Å². The molecule has 5 aliphatic rings. The maximum atomic E-state index is 15.0. The predicted octanol–water partition coefficient (Wildman–Crippen LogP) is 5.15. The predicted molar refractivity (Wildman–Crippen MR) is 169 cm³/mol. The Morgan fingerprint density at radius 3 is 2.67 bits per heavy atom. The second kappa shape index (κ2) is 11.2. The van der Waals surface area contributed by atoms with Gasteiger partial charge in [0.2, 0.25) is 0 Å². The smallest absolute Gasteiger partial charge is 0.318 e. The zero-order chi connectivity index (χ0) is 30.9. The molecule has 8 nitrogen and oxygen atoms in total. The van der Waals surface area contributed by atoms with Gasteiger partial charge in [0, 0.05) is 55.3 Å². The van der Waals surface area contributed by atoms with Crippen LogP contribution in [0.3, 0.4) is 0 Å². The summed E-state index contributed by atoms with van der Waals surface area (Å²) >= 11 is 0. The Bertz CT molecular complexity index is 1600. The first-order valence-corrected chi connectivity index (χ1v) is 16.8. The first-order valence-electron chi connectivity index (χ1n) is 16.8. The van der Waals surface area contributed by atoms with Gasteiger partial charge in [0.25, 0.3) is 0 Å². The lowest BCUT2D eigenvalue weighted by atomic mass is 9.76. The van der Waals surface area contributed by atoms with E-state index in [4.69, 9.17) is 14.7 Å². The van der Waals surface area contributed by atoms with Gasteiger partial charge in [0.1, 0.15) is 30.2 Å². The van der Waals surface area contributed by atoms with Crippen LogP contribution in [-0.2, 0) is 19.4 Å². The van der Waals surface area contributed by atoms with Gasteiger partial charge in [-0.15, -0.1) is 0 Å². The number of alkyl halides is 1. The number of hydrogen-bond acceptors (Lipinski definition) is 8. The summed E-state index contributed by atoms with van der Waals surface area (Å²) in [6, 6.07) is 6.97. The third-order valence-electron chi connectivity index (χ3n) is 11.2. The molecule has 1 aliphatic carbocycles. The maximum absolute atomic E-state index is 15.0. The maximum Gasteiger partial charge on any atom is 0.318 e. The van der Waals surface area contributed by atoms with Crippen molar-refractivity contribution in [2.45, 2.75) is 82.6 Å². The standard InChI is InChI=1S/C35H43F2N5O3/c1-2-27-29(37)5-4-23-13-26(44)14-31(32(23)27)40-9-6-28-30(19-40)38-34(45-20-35-7-3-8-42(35)18-24(36)15-35)39-33(28)41-16-21-10-22(17-41)12-25(43)11-21/h4-5,13-14,21-22,24-25,43-44H,2-3,6-12,15-20H2,1H3/t21?,22?,24-,25?,35+/m1/s1. The van der Waals surface area contributed by atoms with Crippen molar-refractivity contribution in [1.82, 2.24) is 14.9 Å². The Morgan fingerprint density at radius 1 is 1.04 bits per heavy atom. The van der Waals surface area contributed by atoms with Crippen molar-refractivity contribution in [3.63, 3.8) is 0 Å². The monoisotopic (exact) mass is 619 g/mol. The molecular formula is C35H43F2N5O3. The van der Waals surface area contributed by atoms with Crippen molar-refractivity contribution in [3.05, 3.63) is 46.9 Å². The van der Waals surface area contributed by atoms with Crippen LogP contribution in [0.2, 0.25) is 0 Å². The van der Waals surface area contributed by atoms with Gasteiger partial charge in [-0.25, -0.2) is 8.78 Å². The molecule has 3 aromatic rings. The number of rotatable bonds is 6. The number of aromatic nitrogens is 2. The molecule has 2 aromatic carbocycles. The van der Waals surface area contributed by atoms with Crippen LogP contribution < -0.4 is 14.5 Å². The summed E-state index contributed by atoms with van der Waals surface area (Å²) in [7, 11) is 0. The van der Waals surface area contributed by atoms with Gasteiger partial charge in [0.05, 0.1) is 23.9 Å². The van der Waals surface area contributed by atoms with E-state index in [0.717, 1.165) is 85.3 Å². The number of ether oxygens (including phenoxy) is 1. The van der Waals surface area contributed by atoms with E-state index in [1.165, 1.54) is 6.07 Å². The number of fused-ring (bicyclic) bond motifs is 5. The highest BCUT2D eigenvalue weighted by Crippen LogP contribution is 2.43. The fraction of sp³-hybridized carbons (Fsp3) is 0.600. The highest BCUT2D eigenvalue weighted by atomic mass is 19.1. The summed E-state index contributed by atoms with van der Waals surface area (Å²) in [5.74, 6) is 1.68. The summed E-state index contributed by atoms with van der Waals surface area (Å²) in [6.07, 6.45) is 5.41. The molecule has 4 atom stereocenters. The number of anilines is 2. The molecule has 2 unspecified atom stereocenters. The topological polar surface area (TPSA) is 85.2 Å². The number of phenolic OH excluding ortho intramolecular Hbond substituents is 1. The van der Waals surface area contributed by atoms with Gasteiger partial charge in [-0.2, -0.15) is 9.97 Å². The SMILES string of the molecule is CCc1c(F)ccc2cc(O)cc(N3CCc4c(nc(OC[C@@]56CCCN5C[C@H](F)C6)nc4N4CC5CC(O)CC(C5)C4)C3)c12. The van der Waals surface area contributed by atoms with E-state index < -0.39 is 6.17 Å². The number of aromatic hydroxyl groups is 1. The molecule has 2 bridgehead atoms. The fourth-order valence-electron chi connectivity index (χ4n) is 9.34. The molecule has 1 saturated carbocycles. The fourth-order valence-corrected chi connectivity index (χ4v) is 9.34. The minimum Gasteiger partial charge on any atom is -0.508 e. The summed E-state index contributed by atoms with van der Waals surface area (Å²) in [5, 5.41) is 22.7. The molecular weight excluding hydrogens is 576 g/mol. The van der Waals surface area contributed by atoms with Crippen molar-refractivity contribution in [1.29, 1.82) is 0 Å². The molecule has 0 spiro atoms. The lowest BCUT2D eigenvalue weighted by molar-refractivity contribution is 0.0606. The van der Waals surface area contributed by atoms with Crippen LogP contribution >= 0.6 is 0 Å². The molecule has 0 radical (unpaired) electrons. The second-order valence-corrected chi connectivity index (χ2v) is 14.2. The summed E-state index contributed by atoms with van der Waals surface area (Å²) < 4.78 is 35.9. The molecule has 45 heavy (non-hydrogen) atoms. The molecule has 240 valence electrons. The number of aliphatic hydroxyl groups excluding tert-OH is 1. The Hall–Kier alpha value is -3.24. The molecule has 4 fully saturated rings. The number of nitrogens with zero attached hydrogens (tertiary/aromatic N) is 5. The average Bonchev–Trinajstić information content (AvgIpc) is 3.54. The molecule has 4 aliphatic heterocycles. The molecule has 1 aromatic heterocycles. The third kappa shape index (κ3) is 5.18. The summed E-state index contributed by atoms with van der Waals surface area (Å²) in [6.45, 7) is 6.53. The Labute approximate surface area is 263 Å². The van der Waals surface area contributed by atoms with Gasteiger partial charge < -0.3 is 24.7 Å². The number of phenols is 1. The highest BCUT2D eigenvalue weighted by Gasteiger charge is 2.49. The van der Waals surface area contributed by atoms with Gasteiger partial charge in [-0.1, -0.05) is 13.0 Å². The number of hydrogen-bond donors (Lipinski definition) is 2. The van der Waals surface area contributed by atoms with Crippen LogP contribution in [0, 0.1) is 17.7 Å². The van der Waals surface area contributed by atoms with Crippen molar-refractivity contribution < 1.29 is 23.7 Å². The van der Waals surface area contributed by atoms with Crippen molar-refractivity contribution in [3.8, 4) is 11.8 Å². The van der Waals surface area contributed by atoms with E-state index in [0.29, 0.717) is 68.9 Å². The largest absolute Gasteiger partial charge is 0.508 e. The molecule has 8 rings (SSSR count). The van der Waals surface area contributed by atoms with Gasteiger partial charge >= 0.3 is 6.01 Å². The minimum atomic E-state index is -0.833. The van der Waals surface area contributed by atoms with Crippen LogP contribution in [0.15, 0.2) is 24.3 Å². The van der Waals surface area contributed by atoms with Crippen molar-refractivity contribution in [2.75, 3.05) is 49.1 Å². The normalized spacial score (nSPS) is 29.7. The van der Waals surface area contributed by atoms with Crippen molar-refractivity contribution in [2.24, 2.45) is 11.8 Å². The van der Waals surface area contributed by atoms with E-state index in [-0.39, 0.29) is 23.2 Å². The Balaban J connectivity index is 1.16. The Kier molecular flexibility index (Phi) is 7.28. The quantitative estimate of drug-likeness (QED) is 0.392. The molecule has 2 N–H and O–H groups in total. The zero-order valence-corrected chi connectivity index (χ0v) is 26.0. The van der Waals surface area contributed by atoms with Gasteiger partial charge in [-0.3, -0.25) is 4.90 Å². The zero-order valence-electron chi connectivity index (χ0n) is 26.0. The number of aliphatic hydroxyl groups is 1.